The van der Waals surface area contributed by atoms with Gasteiger partial charge in [-0.15, -0.1) is 0 Å². The Bertz CT molecular complexity index is 1240. The SMILES string of the molecule is Cc1ccc(/C(O)=C2/C(=O)C(=O)N(c3ccc(C)cc3)C2c2cccc(OCC(C)C)c2)cc1. The monoisotopic (exact) mass is 455 g/mol. The predicted molar refractivity (Wildman–Crippen MR) is 134 cm³/mol. The van der Waals surface area contributed by atoms with Crippen molar-refractivity contribution in [2.45, 2.75) is 33.7 Å². The first kappa shape index (κ1) is 23.3. The number of carbonyl (C=O) groups is 2. The van der Waals surface area contributed by atoms with Crippen molar-refractivity contribution >= 4 is 23.1 Å². The first-order chi connectivity index (χ1) is 16.3. The summed E-state index contributed by atoms with van der Waals surface area (Å²) >= 11 is 0. The van der Waals surface area contributed by atoms with Crippen molar-refractivity contribution in [1.29, 1.82) is 0 Å². The molecular weight excluding hydrogens is 426 g/mol. The number of anilines is 1. The molecule has 1 heterocycles. The Hall–Kier alpha value is -3.86. The van der Waals surface area contributed by atoms with Crippen LogP contribution in [0.15, 0.2) is 78.4 Å². The highest BCUT2D eigenvalue weighted by molar-refractivity contribution is 6.51. The third kappa shape index (κ3) is 4.60. The second-order valence-corrected chi connectivity index (χ2v) is 9.15. The Morgan fingerprint density at radius 2 is 1.56 bits per heavy atom. The number of benzene rings is 3. The number of Topliss-reactive ketones (excluding diaryl/α,β-unsaturated/α-hetero) is 1. The molecule has 1 saturated heterocycles. The molecule has 5 nitrogen and oxygen atoms in total. The first-order valence-electron chi connectivity index (χ1n) is 11.4. The van der Waals surface area contributed by atoms with Gasteiger partial charge in [0.25, 0.3) is 11.7 Å². The van der Waals surface area contributed by atoms with Crippen molar-refractivity contribution in [1.82, 2.24) is 0 Å². The second kappa shape index (κ2) is 9.56. The van der Waals surface area contributed by atoms with Crippen LogP contribution in [0.1, 0.15) is 42.1 Å². The normalized spacial score (nSPS) is 17.4. The zero-order chi connectivity index (χ0) is 24.4. The van der Waals surface area contributed by atoms with Gasteiger partial charge in [-0.3, -0.25) is 14.5 Å². The molecule has 1 unspecified atom stereocenters. The Morgan fingerprint density at radius 1 is 0.941 bits per heavy atom. The Labute approximate surface area is 200 Å². The molecule has 0 aromatic heterocycles. The van der Waals surface area contributed by atoms with Crippen LogP contribution in [0.2, 0.25) is 0 Å². The molecule has 3 aromatic rings. The number of aryl methyl sites for hydroxylation is 2. The van der Waals surface area contributed by atoms with Crippen molar-refractivity contribution < 1.29 is 19.4 Å². The summed E-state index contributed by atoms with van der Waals surface area (Å²) in [4.78, 5) is 28.0. The highest BCUT2D eigenvalue weighted by atomic mass is 16.5. The van der Waals surface area contributed by atoms with E-state index in [4.69, 9.17) is 4.74 Å². The minimum atomic E-state index is -0.786. The molecule has 4 rings (SSSR count). The standard InChI is InChI=1S/C29H29NO4/c1-18(2)17-34-24-7-5-6-22(16-24)26-25(27(31)21-12-8-19(3)9-13-21)28(32)29(33)30(26)23-14-10-20(4)11-15-23/h5-16,18,26,31H,17H2,1-4H3/b27-25-. The maximum atomic E-state index is 13.3. The zero-order valence-electron chi connectivity index (χ0n) is 19.9. The van der Waals surface area contributed by atoms with Crippen molar-refractivity contribution in [2.75, 3.05) is 11.5 Å². The van der Waals surface area contributed by atoms with Crippen molar-refractivity contribution in [2.24, 2.45) is 5.92 Å². The summed E-state index contributed by atoms with van der Waals surface area (Å²) in [7, 11) is 0. The van der Waals surface area contributed by atoms with Gasteiger partial charge < -0.3 is 9.84 Å². The lowest BCUT2D eigenvalue weighted by Gasteiger charge is -2.26. The molecule has 174 valence electrons. The van der Waals surface area contributed by atoms with Crippen LogP contribution in [-0.4, -0.2) is 23.4 Å². The number of ether oxygens (including phenoxy) is 1. The highest BCUT2D eigenvalue weighted by Crippen LogP contribution is 2.42. The van der Waals surface area contributed by atoms with Gasteiger partial charge in [-0.25, -0.2) is 0 Å². The van der Waals surface area contributed by atoms with Crippen LogP contribution in [-0.2, 0) is 9.59 Å². The first-order valence-corrected chi connectivity index (χ1v) is 11.4. The molecule has 0 aliphatic carbocycles. The van der Waals surface area contributed by atoms with Crippen LogP contribution in [0.5, 0.6) is 5.75 Å². The lowest BCUT2D eigenvalue weighted by molar-refractivity contribution is -0.132. The molecule has 1 N–H and O–H groups in total. The second-order valence-electron chi connectivity index (χ2n) is 9.15. The molecular formula is C29H29NO4. The average molecular weight is 456 g/mol. The number of rotatable bonds is 6. The minimum Gasteiger partial charge on any atom is -0.507 e. The van der Waals surface area contributed by atoms with Crippen LogP contribution in [0.25, 0.3) is 5.76 Å². The van der Waals surface area contributed by atoms with E-state index in [-0.39, 0.29) is 11.3 Å². The number of amides is 1. The van der Waals surface area contributed by atoms with E-state index in [1.807, 2.05) is 74.5 Å². The van der Waals surface area contributed by atoms with E-state index in [0.717, 1.165) is 11.1 Å². The Morgan fingerprint density at radius 3 is 2.18 bits per heavy atom. The van der Waals surface area contributed by atoms with Gasteiger partial charge in [0.1, 0.15) is 11.5 Å². The summed E-state index contributed by atoms with van der Waals surface area (Å²) in [5.41, 5.74) is 3.91. The molecule has 5 heteroatoms. The van der Waals surface area contributed by atoms with Gasteiger partial charge in [-0.05, 0) is 49.6 Å². The zero-order valence-corrected chi connectivity index (χ0v) is 19.9. The van der Waals surface area contributed by atoms with Crippen LogP contribution >= 0.6 is 0 Å². The van der Waals surface area contributed by atoms with E-state index < -0.39 is 17.7 Å². The fourth-order valence-corrected chi connectivity index (χ4v) is 4.02. The van der Waals surface area contributed by atoms with Gasteiger partial charge in [0.05, 0.1) is 18.2 Å². The Kier molecular flexibility index (Phi) is 6.55. The number of aliphatic hydroxyl groups is 1. The third-order valence-corrected chi connectivity index (χ3v) is 5.84. The van der Waals surface area contributed by atoms with Crippen LogP contribution in [0.4, 0.5) is 5.69 Å². The predicted octanol–water partition coefficient (Wildman–Crippen LogP) is 5.96. The summed E-state index contributed by atoms with van der Waals surface area (Å²) in [6.45, 7) is 8.59. The molecule has 0 saturated carbocycles. The number of nitrogens with zero attached hydrogens (tertiary/aromatic N) is 1. The van der Waals surface area contributed by atoms with Crippen LogP contribution < -0.4 is 9.64 Å². The van der Waals surface area contributed by atoms with Crippen molar-refractivity contribution in [3.63, 3.8) is 0 Å². The van der Waals surface area contributed by atoms with Gasteiger partial charge in [0.15, 0.2) is 0 Å². The highest BCUT2D eigenvalue weighted by Gasteiger charge is 2.47. The van der Waals surface area contributed by atoms with Crippen molar-refractivity contribution in [3.05, 3.63) is 101 Å². The molecule has 1 fully saturated rings. The smallest absolute Gasteiger partial charge is 0.300 e. The lowest BCUT2D eigenvalue weighted by atomic mass is 9.94. The molecule has 1 atom stereocenters. The van der Waals surface area contributed by atoms with Gasteiger partial charge in [-0.2, -0.15) is 0 Å². The molecule has 3 aromatic carbocycles. The number of ketones is 1. The van der Waals surface area contributed by atoms with E-state index >= 15 is 0 Å². The third-order valence-electron chi connectivity index (χ3n) is 5.84. The maximum absolute atomic E-state index is 13.3. The molecule has 0 spiro atoms. The summed E-state index contributed by atoms with van der Waals surface area (Å²) in [5, 5.41) is 11.2. The summed E-state index contributed by atoms with van der Waals surface area (Å²) < 4.78 is 5.90. The lowest BCUT2D eigenvalue weighted by Crippen LogP contribution is -2.29. The molecule has 34 heavy (non-hydrogen) atoms. The molecule has 0 radical (unpaired) electrons. The van der Waals surface area contributed by atoms with Crippen molar-refractivity contribution in [3.8, 4) is 5.75 Å². The summed E-state index contributed by atoms with van der Waals surface area (Å²) in [5.74, 6) is -0.570. The summed E-state index contributed by atoms with van der Waals surface area (Å²) in [6, 6.07) is 21.2. The van der Waals surface area contributed by atoms with E-state index in [1.54, 1.807) is 12.1 Å². The van der Waals surface area contributed by atoms with E-state index in [1.165, 1.54) is 4.90 Å². The van der Waals surface area contributed by atoms with Gasteiger partial charge in [-0.1, -0.05) is 73.5 Å². The number of hydrogen-bond acceptors (Lipinski definition) is 4. The molecule has 1 aliphatic heterocycles. The average Bonchev–Trinajstić information content (AvgIpc) is 3.09. The fraction of sp³-hybridized carbons (Fsp3) is 0.241. The number of hydrogen-bond donors (Lipinski definition) is 1. The number of carbonyl (C=O) groups excluding carboxylic acids is 2. The topological polar surface area (TPSA) is 66.8 Å². The van der Waals surface area contributed by atoms with E-state index in [9.17, 15) is 14.7 Å². The molecule has 1 aliphatic rings. The van der Waals surface area contributed by atoms with Gasteiger partial charge in [0.2, 0.25) is 0 Å². The van der Waals surface area contributed by atoms with Gasteiger partial charge >= 0.3 is 0 Å². The van der Waals surface area contributed by atoms with E-state index in [2.05, 4.69) is 13.8 Å². The molecule has 1 amide bonds. The Balaban J connectivity index is 1.88. The van der Waals surface area contributed by atoms with Gasteiger partial charge in [0, 0.05) is 11.3 Å². The fourth-order valence-electron chi connectivity index (χ4n) is 4.02. The van der Waals surface area contributed by atoms with Crippen LogP contribution in [0, 0.1) is 19.8 Å². The summed E-state index contributed by atoms with van der Waals surface area (Å²) in [6.07, 6.45) is 0. The number of aliphatic hydroxyl groups excluding tert-OH is 1. The largest absolute Gasteiger partial charge is 0.507 e. The van der Waals surface area contributed by atoms with Crippen LogP contribution in [0.3, 0.4) is 0 Å². The van der Waals surface area contributed by atoms with E-state index in [0.29, 0.717) is 35.1 Å². The minimum absolute atomic E-state index is 0.0652. The maximum Gasteiger partial charge on any atom is 0.300 e. The molecule has 0 bridgehead atoms. The quantitative estimate of drug-likeness (QED) is 0.283.